The van der Waals surface area contributed by atoms with Crippen molar-refractivity contribution in [3.05, 3.63) is 68.7 Å². The Hall–Kier alpha value is -2.84. The van der Waals surface area contributed by atoms with E-state index in [0.717, 1.165) is 12.1 Å². The van der Waals surface area contributed by atoms with Gasteiger partial charge in [-0.05, 0) is 52.9 Å². The Kier molecular flexibility index (Phi) is 5.57. The van der Waals surface area contributed by atoms with Crippen LogP contribution < -0.4 is 0 Å². The highest BCUT2D eigenvalue weighted by molar-refractivity contribution is 14.1. The van der Waals surface area contributed by atoms with Gasteiger partial charge in [-0.1, -0.05) is 5.16 Å². The zero-order valence-corrected chi connectivity index (χ0v) is 18.6. The minimum absolute atomic E-state index is 0.0452. The molecule has 3 aromatic rings. The van der Waals surface area contributed by atoms with Gasteiger partial charge < -0.3 is 9.57 Å². The topological polar surface area (TPSA) is 65.2 Å². The Balaban J connectivity index is 1.82. The number of rotatable bonds is 3. The van der Waals surface area contributed by atoms with Gasteiger partial charge in [0.2, 0.25) is 0 Å². The quantitative estimate of drug-likeness (QED) is 0.238. The molecule has 0 amide bonds. The number of pyridine rings is 1. The first-order valence-electron chi connectivity index (χ1n) is 9.12. The number of halogens is 7. The van der Waals surface area contributed by atoms with Gasteiger partial charge in [0.05, 0.1) is 24.8 Å². The monoisotopic (exact) mass is 583 g/mol. The fraction of sp³-hybridized carbons (Fsp3) is 0.250. The number of carbonyl (C=O) groups excluding carboxylic acids is 1. The molecular formula is C20H12F6IN3O3. The van der Waals surface area contributed by atoms with Crippen molar-refractivity contribution in [1.82, 2.24) is 9.38 Å². The maximum absolute atomic E-state index is 14.3. The number of aromatic nitrogens is 2. The van der Waals surface area contributed by atoms with Crippen LogP contribution in [-0.4, -0.2) is 34.4 Å². The zero-order valence-electron chi connectivity index (χ0n) is 16.5. The number of carbonyl (C=O) groups is 1. The van der Waals surface area contributed by atoms with Gasteiger partial charge in [0.25, 0.3) is 5.60 Å². The summed E-state index contributed by atoms with van der Waals surface area (Å²) < 4.78 is 88.5. The van der Waals surface area contributed by atoms with Gasteiger partial charge in [0.1, 0.15) is 11.3 Å². The molecule has 0 saturated carbocycles. The second-order valence-electron chi connectivity index (χ2n) is 7.10. The standard InChI is InChI=1S/C20H12F6IN3O3/c1-32-17(31)15-3-2-13(16-28-4-5-30(15)16)14-9-18(33-29-14,20(24,25)26)10-6-11(19(21,22)23)8-12(27)7-10/h2-8H,9H2,1H3. The van der Waals surface area contributed by atoms with Crippen molar-refractivity contribution >= 4 is 39.9 Å². The Bertz CT molecular complexity index is 1280. The third-order valence-electron chi connectivity index (χ3n) is 5.13. The lowest BCUT2D eigenvalue weighted by atomic mass is 9.86. The lowest BCUT2D eigenvalue weighted by Crippen LogP contribution is -2.43. The van der Waals surface area contributed by atoms with Crippen LogP contribution in [0.2, 0.25) is 0 Å². The second kappa shape index (κ2) is 7.88. The lowest BCUT2D eigenvalue weighted by Gasteiger charge is -2.30. The van der Waals surface area contributed by atoms with Crippen LogP contribution in [0.25, 0.3) is 5.65 Å². The first-order chi connectivity index (χ1) is 15.4. The van der Waals surface area contributed by atoms with Gasteiger partial charge in [-0.15, -0.1) is 0 Å². The molecule has 1 aliphatic rings. The fourth-order valence-corrected chi connectivity index (χ4v) is 4.22. The van der Waals surface area contributed by atoms with Crippen molar-refractivity contribution in [3.8, 4) is 0 Å². The summed E-state index contributed by atoms with van der Waals surface area (Å²) in [6.07, 6.45) is -8.10. The van der Waals surface area contributed by atoms with Crippen molar-refractivity contribution in [3.63, 3.8) is 0 Å². The van der Waals surface area contributed by atoms with E-state index in [9.17, 15) is 31.1 Å². The van der Waals surface area contributed by atoms with Crippen molar-refractivity contribution in [2.24, 2.45) is 5.16 Å². The number of imidazole rings is 1. The van der Waals surface area contributed by atoms with E-state index in [-0.39, 0.29) is 26.2 Å². The van der Waals surface area contributed by atoms with Crippen LogP contribution in [0.15, 0.2) is 47.9 Å². The molecule has 1 aromatic carbocycles. The van der Waals surface area contributed by atoms with E-state index >= 15 is 0 Å². The van der Waals surface area contributed by atoms with Crippen LogP contribution in [0, 0.1) is 3.57 Å². The molecule has 0 spiro atoms. The van der Waals surface area contributed by atoms with Crippen molar-refractivity contribution in [2.75, 3.05) is 7.11 Å². The first-order valence-corrected chi connectivity index (χ1v) is 10.2. The molecule has 1 atom stereocenters. The number of methoxy groups -OCH3 is 1. The number of alkyl halides is 6. The average molecular weight is 583 g/mol. The molecular weight excluding hydrogens is 571 g/mol. The maximum atomic E-state index is 14.3. The maximum Gasteiger partial charge on any atom is 0.435 e. The summed E-state index contributed by atoms with van der Waals surface area (Å²) >= 11 is 1.52. The summed E-state index contributed by atoms with van der Waals surface area (Å²) in [7, 11) is 1.17. The predicted octanol–water partition coefficient (Wildman–Crippen LogP) is 5.33. The van der Waals surface area contributed by atoms with Crippen LogP contribution in [0.4, 0.5) is 26.3 Å². The number of hydrogen-bond acceptors (Lipinski definition) is 5. The average Bonchev–Trinajstić information content (AvgIpc) is 3.39. The van der Waals surface area contributed by atoms with Gasteiger partial charge in [-0.25, -0.2) is 9.78 Å². The minimum atomic E-state index is -5.09. The Labute approximate surface area is 195 Å². The number of ether oxygens (including phenoxy) is 1. The van der Waals surface area contributed by atoms with Crippen molar-refractivity contribution < 1.29 is 40.7 Å². The van der Waals surface area contributed by atoms with Crippen molar-refractivity contribution in [1.29, 1.82) is 0 Å². The SMILES string of the molecule is COC(=O)c1ccc(C2=NOC(c3cc(I)cc(C(F)(F)F)c3)(C(F)(F)F)C2)c2nccn12. The number of oxime groups is 1. The highest BCUT2D eigenvalue weighted by Crippen LogP contribution is 2.50. The predicted molar refractivity (Wildman–Crippen MR) is 111 cm³/mol. The molecule has 0 saturated heterocycles. The third-order valence-corrected chi connectivity index (χ3v) is 5.75. The molecule has 3 heterocycles. The highest BCUT2D eigenvalue weighted by Gasteiger charge is 2.62. The minimum Gasteiger partial charge on any atom is -0.464 e. The van der Waals surface area contributed by atoms with E-state index in [1.54, 1.807) is 0 Å². The van der Waals surface area contributed by atoms with Crippen LogP contribution in [0.5, 0.6) is 0 Å². The molecule has 2 aromatic heterocycles. The molecule has 1 aliphatic heterocycles. The Morgan fingerprint density at radius 2 is 1.91 bits per heavy atom. The molecule has 0 radical (unpaired) electrons. The highest BCUT2D eigenvalue weighted by atomic mass is 127. The molecule has 1 unspecified atom stereocenters. The van der Waals surface area contributed by atoms with Crippen LogP contribution >= 0.6 is 22.6 Å². The van der Waals surface area contributed by atoms with Gasteiger partial charge in [0.15, 0.2) is 0 Å². The van der Waals surface area contributed by atoms with Crippen LogP contribution in [0.1, 0.15) is 33.6 Å². The molecule has 13 heteroatoms. The Morgan fingerprint density at radius 1 is 1.18 bits per heavy atom. The summed E-state index contributed by atoms with van der Waals surface area (Å²) in [5.41, 5.74) is -4.97. The van der Waals surface area contributed by atoms with E-state index in [4.69, 9.17) is 4.84 Å². The smallest absolute Gasteiger partial charge is 0.435 e. The number of hydrogen-bond donors (Lipinski definition) is 0. The zero-order chi connectivity index (χ0) is 24.2. The van der Waals surface area contributed by atoms with E-state index in [1.165, 1.54) is 58.6 Å². The summed E-state index contributed by atoms with van der Waals surface area (Å²) in [6, 6.07) is 4.79. The summed E-state index contributed by atoms with van der Waals surface area (Å²) in [5, 5.41) is 3.59. The summed E-state index contributed by atoms with van der Waals surface area (Å²) in [4.78, 5) is 20.9. The van der Waals surface area contributed by atoms with E-state index in [0.29, 0.717) is 6.07 Å². The Morgan fingerprint density at radius 3 is 2.55 bits per heavy atom. The normalized spacial score (nSPS) is 18.8. The van der Waals surface area contributed by atoms with Gasteiger partial charge in [-0.3, -0.25) is 4.40 Å². The molecule has 0 aliphatic carbocycles. The van der Waals surface area contributed by atoms with Crippen molar-refractivity contribution in [2.45, 2.75) is 24.4 Å². The van der Waals surface area contributed by atoms with Gasteiger partial charge in [-0.2, -0.15) is 26.3 Å². The van der Waals surface area contributed by atoms with E-state index in [2.05, 4.69) is 14.9 Å². The first kappa shape index (κ1) is 23.3. The largest absolute Gasteiger partial charge is 0.464 e. The van der Waals surface area contributed by atoms with Crippen LogP contribution in [0.3, 0.4) is 0 Å². The number of benzene rings is 1. The number of fused-ring (bicyclic) bond motifs is 1. The van der Waals surface area contributed by atoms with E-state index in [1.807, 2.05) is 0 Å². The van der Waals surface area contributed by atoms with Gasteiger partial charge >= 0.3 is 18.3 Å². The molecule has 0 fully saturated rings. The van der Waals surface area contributed by atoms with Gasteiger partial charge in [0, 0.05) is 27.1 Å². The van der Waals surface area contributed by atoms with Crippen LogP contribution in [-0.2, 0) is 21.4 Å². The summed E-state index contributed by atoms with van der Waals surface area (Å²) in [5.74, 6) is -0.697. The molecule has 0 bridgehead atoms. The fourth-order valence-electron chi connectivity index (χ4n) is 3.55. The lowest BCUT2D eigenvalue weighted by molar-refractivity contribution is -0.276. The molecule has 4 rings (SSSR count). The molecule has 0 N–H and O–H groups in total. The number of esters is 1. The third kappa shape index (κ3) is 3.91. The number of nitrogens with zero attached hydrogens (tertiary/aromatic N) is 3. The van der Waals surface area contributed by atoms with E-state index < -0.39 is 41.5 Å². The molecule has 174 valence electrons. The summed E-state index contributed by atoms with van der Waals surface area (Å²) in [6.45, 7) is 0. The molecule has 6 nitrogen and oxygen atoms in total. The second-order valence-corrected chi connectivity index (χ2v) is 8.35. The molecule has 33 heavy (non-hydrogen) atoms.